The number of carbonyl (C=O) groups excluding carboxylic acids is 1. The quantitative estimate of drug-likeness (QED) is 0.793. The molecule has 1 rings (SSSR count). The van der Waals surface area contributed by atoms with Crippen LogP contribution < -0.4 is 15.4 Å². The van der Waals surface area contributed by atoms with E-state index in [1.54, 1.807) is 12.1 Å². The summed E-state index contributed by atoms with van der Waals surface area (Å²) in [6, 6.07) is 4.39. The molecule has 0 heterocycles. The average Bonchev–Trinajstić information content (AvgIpc) is 2.48. The SMILES string of the molecule is CCC(CNC(C)c1c(F)cccc1OC)NC(=O)OC(C)(C)C. The second-order valence-corrected chi connectivity index (χ2v) is 6.74. The molecule has 1 amide bonds. The molecule has 0 bridgehead atoms. The highest BCUT2D eigenvalue weighted by Gasteiger charge is 2.20. The lowest BCUT2D eigenvalue weighted by molar-refractivity contribution is 0.0502. The van der Waals surface area contributed by atoms with Gasteiger partial charge in [0.15, 0.2) is 0 Å². The average molecular weight is 340 g/mol. The van der Waals surface area contributed by atoms with Crippen LogP contribution in [-0.2, 0) is 4.74 Å². The highest BCUT2D eigenvalue weighted by Crippen LogP contribution is 2.27. The summed E-state index contributed by atoms with van der Waals surface area (Å²) in [7, 11) is 1.52. The van der Waals surface area contributed by atoms with E-state index in [4.69, 9.17) is 9.47 Å². The van der Waals surface area contributed by atoms with Crippen molar-refractivity contribution in [1.29, 1.82) is 0 Å². The van der Waals surface area contributed by atoms with E-state index in [1.165, 1.54) is 13.2 Å². The third kappa shape index (κ3) is 6.35. The smallest absolute Gasteiger partial charge is 0.407 e. The van der Waals surface area contributed by atoms with E-state index >= 15 is 0 Å². The molecule has 0 aliphatic carbocycles. The van der Waals surface area contributed by atoms with E-state index in [1.807, 2.05) is 34.6 Å². The number of methoxy groups -OCH3 is 1. The predicted octanol–water partition coefficient (Wildman–Crippen LogP) is 3.79. The maximum atomic E-state index is 14.1. The summed E-state index contributed by atoms with van der Waals surface area (Å²) < 4.78 is 24.6. The second kappa shape index (κ2) is 8.87. The number of amides is 1. The molecule has 24 heavy (non-hydrogen) atoms. The Labute approximate surface area is 143 Å². The molecule has 1 aromatic rings. The van der Waals surface area contributed by atoms with Crippen LogP contribution in [0.25, 0.3) is 0 Å². The van der Waals surface area contributed by atoms with Crippen molar-refractivity contribution in [3.63, 3.8) is 0 Å². The normalized spacial score (nSPS) is 14.0. The minimum atomic E-state index is -0.538. The molecule has 2 atom stereocenters. The molecule has 2 unspecified atom stereocenters. The van der Waals surface area contributed by atoms with Gasteiger partial charge in [-0.15, -0.1) is 0 Å². The van der Waals surface area contributed by atoms with Crippen molar-refractivity contribution in [2.45, 2.75) is 58.7 Å². The molecular weight excluding hydrogens is 311 g/mol. The zero-order chi connectivity index (χ0) is 18.3. The van der Waals surface area contributed by atoms with Gasteiger partial charge in [0.2, 0.25) is 0 Å². The van der Waals surface area contributed by atoms with E-state index in [0.29, 0.717) is 17.9 Å². The van der Waals surface area contributed by atoms with Gasteiger partial charge in [-0.25, -0.2) is 9.18 Å². The molecule has 136 valence electrons. The minimum absolute atomic E-state index is 0.111. The van der Waals surface area contributed by atoms with Gasteiger partial charge in [-0.3, -0.25) is 0 Å². The zero-order valence-corrected chi connectivity index (χ0v) is 15.4. The van der Waals surface area contributed by atoms with Gasteiger partial charge in [0, 0.05) is 24.2 Å². The topological polar surface area (TPSA) is 59.6 Å². The Hall–Kier alpha value is -1.82. The van der Waals surface area contributed by atoms with Crippen LogP contribution in [0.5, 0.6) is 5.75 Å². The molecule has 2 N–H and O–H groups in total. The highest BCUT2D eigenvalue weighted by molar-refractivity contribution is 5.68. The molecule has 0 aromatic heterocycles. The molecule has 0 saturated heterocycles. The molecule has 0 aliphatic heterocycles. The fraction of sp³-hybridized carbons (Fsp3) is 0.611. The lowest BCUT2D eigenvalue weighted by atomic mass is 10.1. The van der Waals surface area contributed by atoms with Gasteiger partial charge in [0.25, 0.3) is 0 Å². The van der Waals surface area contributed by atoms with Crippen molar-refractivity contribution in [2.24, 2.45) is 0 Å². The van der Waals surface area contributed by atoms with Crippen molar-refractivity contribution >= 4 is 6.09 Å². The standard InChI is InChI=1S/C18H29FN2O3/c1-7-13(21-17(22)24-18(3,4)5)11-20-12(2)16-14(19)9-8-10-15(16)23-6/h8-10,12-13,20H,7,11H2,1-6H3,(H,21,22). The van der Waals surface area contributed by atoms with Crippen molar-refractivity contribution in [1.82, 2.24) is 10.6 Å². The number of hydrogen-bond acceptors (Lipinski definition) is 4. The van der Waals surface area contributed by atoms with Crippen molar-refractivity contribution < 1.29 is 18.7 Å². The van der Waals surface area contributed by atoms with Gasteiger partial charge >= 0.3 is 6.09 Å². The summed E-state index contributed by atoms with van der Waals surface area (Å²) in [6.07, 6.45) is 0.278. The first kappa shape index (κ1) is 20.2. The van der Waals surface area contributed by atoms with Crippen LogP contribution >= 0.6 is 0 Å². The largest absolute Gasteiger partial charge is 0.496 e. The van der Waals surface area contributed by atoms with E-state index in [9.17, 15) is 9.18 Å². The summed E-state index contributed by atoms with van der Waals surface area (Å²) in [5.41, 5.74) is -0.0593. The number of benzene rings is 1. The van der Waals surface area contributed by atoms with E-state index in [0.717, 1.165) is 6.42 Å². The number of carbonyl (C=O) groups is 1. The van der Waals surface area contributed by atoms with Crippen LogP contribution in [0.2, 0.25) is 0 Å². The summed E-state index contributed by atoms with van der Waals surface area (Å²) in [6.45, 7) is 9.78. The van der Waals surface area contributed by atoms with Crippen LogP contribution in [0.15, 0.2) is 18.2 Å². The number of alkyl carbamates (subject to hydrolysis) is 1. The Kier molecular flexibility index (Phi) is 7.48. The fourth-order valence-electron chi connectivity index (χ4n) is 2.31. The maximum Gasteiger partial charge on any atom is 0.407 e. The van der Waals surface area contributed by atoms with Crippen molar-refractivity contribution in [2.75, 3.05) is 13.7 Å². The Morgan fingerprint density at radius 2 is 2.00 bits per heavy atom. The molecule has 5 nitrogen and oxygen atoms in total. The third-order valence-electron chi connectivity index (χ3n) is 3.55. The molecule has 6 heteroatoms. The first-order chi connectivity index (χ1) is 11.2. The summed E-state index contributed by atoms with van der Waals surface area (Å²) in [5, 5.41) is 6.07. The monoisotopic (exact) mass is 340 g/mol. The molecule has 0 spiro atoms. The Morgan fingerprint density at radius 1 is 1.33 bits per heavy atom. The number of rotatable bonds is 7. The maximum absolute atomic E-state index is 14.1. The van der Waals surface area contributed by atoms with Gasteiger partial charge in [0.1, 0.15) is 17.2 Å². The number of halogens is 1. The second-order valence-electron chi connectivity index (χ2n) is 6.74. The predicted molar refractivity (Wildman–Crippen MR) is 92.8 cm³/mol. The van der Waals surface area contributed by atoms with Gasteiger partial charge < -0.3 is 20.1 Å². The zero-order valence-electron chi connectivity index (χ0n) is 15.4. The van der Waals surface area contributed by atoms with E-state index in [2.05, 4.69) is 10.6 Å². The van der Waals surface area contributed by atoms with Crippen LogP contribution in [0.1, 0.15) is 52.6 Å². The van der Waals surface area contributed by atoms with Gasteiger partial charge in [-0.1, -0.05) is 13.0 Å². The van der Waals surface area contributed by atoms with Gasteiger partial charge in [0.05, 0.1) is 7.11 Å². The Morgan fingerprint density at radius 3 is 2.54 bits per heavy atom. The minimum Gasteiger partial charge on any atom is -0.496 e. The Balaban J connectivity index is 2.64. The first-order valence-electron chi connectivity index (χ1n) is 8.23. The molecule has 0 aliphatic rings. The van der Waals surface area contributed by atoms with E-state index in [-0.39, 0.29) is 17.9 Å². The molecular formula is C18H29FN2O3. The molecule has 1 aromatic carbocycles. The summed E-state index contributed by atoms with van der Waals surface area (Å²) >= 11 is 0. The summed E-state index contributed by atoms with van der Waals surface area (Å²) in [4.78, 5) is 11.9. The van der Waals surface area contributed by atoms with Crippen LogP contribution in [0.4, 0.5) is 9.18 Å². The molecule has 0 radical (unpaired) electrons. The lowest BCUT2D eigenvalue weighted by Gasteiger charge is -2.25. The first-order valence-corrected chi connectivity index (χ1v) is 8.23. The summed E-state index contributed by atoms with van der Waals surface area (Å²) in [5.74, 6) is 0.186. The lowest BCUT2D eigenvalue weighted by Crippen LogP contribution is -2.44. The van der Waals surface area contributed by atoms with Gasteiger partial charge in [-0.2, -0.15) is 0 Å². The van der Waals surface area contributed by atoms with Crippen LogP contribution in [0, 0.1) is 5.82 Å². The highest BCUT2D eigenvalue weighted by atomic mass is 19.1. The molecule has 0 fully saturated rings. The third-order valence-corrected chi connectivity index (χ3v) is 3.55. The van der Waals surface area contributed by atoms with Crippen LogP contribution in [0.3, 0.4) is 0 Å². The van der Waals surface area contributed by atoms with E-state index < -0.39 is 11.7 Å². The number of hydrogen-bond donors (Lipinski definition) is 2. The molecule has 0 saturated carbocycles. The Bertz CT molecular complexity index is 544. The van der Waals surface area contributed by atoms with Crippen molar-refractivity contribution in [3.05, 3.63) is 29.6 Å². The fourth-order valence-corrected chi connectivity index (χ4v) is 2.31. The van der Waals surface area contributed by atoms with Gasteiger partial charge in [-0.05, 0) is 46.2 Å². The number of nitrogens with one attached hydrogen (secondary N) is 2. The van der Waals surface area contributed by atoms with Crippen molar-refractivity contribution in [3.8, 4) is 5.75 Å². The number of ether oxygens (including phenoxy) is 2. The van der Waals surface area contributed by atoms with Crippen LogP contribution in [-0.4, -0.2) is 31.4 Å².